The van der Waals surface area contributed by atoms with Gasteiger partial charge in [-0.2, -0.15) is 5.26 Å². The van der Waals surface area contributed by atoms with Crippen molar-refractivity contribution in [2.75, 3.05) is 5.32 Å². The van der Waals surface area contributed by atoms with E-state index in [2.05, 4.69) is 39.1 Å². The molecule has 2 fully saturated rings. The van der Waals surface area contributed by atoms with Crippen LogP contribution in [0.1, 0.15) is 50.6 Å². The SMILES string of the molecule is C[C@@H](OC(=O)Nc1ccc(-c2c(C#N)c3ccc(-c4ccncc4)cc3n2C2CCC2)cc1)C1CC1. The van der Waals surface area contributed by atoms with E-state index < -0.39 is 6.09 Å². The van der Waals surface area contributed by atoms with Gasteiger partial charge in [0, 0.05) is 29.5 Å². The van der Waals surface area contributed by atoms with Gasteiger partial charge in [0.05, 0.1) is 16.8 Å². The molecule has 180 valence electrons. The molecule has 2 aromatic carbocycles. The van der Waals surface area contributed by atoms with E-state index in [-0.39, 0.29) is 6.10 Å². The van der Waals surface area contributed by atoms with Crippen LogP contribution in [-0.2, 0) is 4.74 Å². The molecule has 1 atom stereocenters. The first-order valence-corrected chi connectivity index (χ1v) is 12.7. The number of benzene rings is 2. The van der Waals surface area contributed by atoms with Crippen molar-refractivity contribution in [3.05, 3.63) is 72.6 Å². The number of fused-ring (bicyclic) bond motifs is 1. The van der Waals surface area contributed by atoms with E-state index in [1.165, 1.54) is 6.42 Å². The maximum absolute atomic E-state index is 12.3. The van der Waals surface area contributed by atoms with Gasteiger partial charge in [-0.25, -0.2) is 4.79 Å². The molecule has 36 heavy (non-hydrogen) atoms. The Labute approximate surface area is 210 Å². The number of amides is 1. The third-order valence-electron chi connectivity index (χ3n) is 7.55. The van der Waals surface area contributed by atoms with E-state index in [1.807, 2.05) is 43.3 Å². The molecule has 2 heterocycles. The molecule has 6 nitrogen and oxygen atoms in total. The molecule has 1 amide bonds. The maximum Gasteiger partial charge on any atom is 0.411 e. The van der Waals surface area contributed by atoms with Crippen LogP contribution in [0.15, 0.2) is 67.0 Å². The number of nitrogens with zero attached hydrogens (tertiary/aromatic N) is 3. The van der Waals surface area contributed by atoms with Gasteiger partial charge >= 0.3 is 6.09 Å². The van der Waals surface area contributed by atoms with Gasteiger partial charge in [0.15, 0.2) is 0 Å². The van der Waals surface area contributed by atoms with Crippen LogP contribution in [0.3, 0.4) is 0 Å². The van der Waals surface area contributed by atoms with Gasteiger partial charge in [-0.1, -0.05) is 24.3 Å². The first-order chi connectivity index (χ1) is 17.6. The predicted molar refractivity (Wildman–Crippen MR) is 140 cm³/mol. The van der Waals surface area contributed by atoms with E-state index in [4.69, 9.17) is 4.74 Å². The number of anilines is 1. The minimum absolute atomic E-state index is 0.0577. The second kappa shape index (κ2) is 9.16. The molecule has 4 aromatic rings. The fraction of sp³-hybridized carbons (Fsp3) is 0.300. The molecule has 2 saturated carbocycles. The zero-order chi connectivity index (χ0) is 24.6. The molecule has 2 aliphatic carbocycles. The summed E-state index contributed by atoms with van der Waals surface area (Å²) >= 11 is 0. The van der Waals surface area contributed by atoms with Crippen LogP contribution in [0.5, 0.6) is 0 Å². The van der Waals surface area contributed by atoms with E-state index in [0.29, 0.717) is 23.2 Å². The van der Waals surface area contributed by atoms with Gasteiger partial charge in [0.25, 0.3) is 0 Å². The van der Waals surface area contributed by atoms with Crippen molar-refractivity contribution in [2.24, 2.45) is 5.92 Å². The van der Waals surface area contributed by atoms with Gasteiger partial charge in [-0.15, -0.1) is 0 Å². The molecule has 0 aliphatic heterocycles. The Balaban J connectivity index is 1.37. The summed E-state index contributed by atoms with van der Waals surface area (Å²) < 4.78 is 7.85. The summed E-state index contributed by atoms with van der Waals surface area (Å²) in [7, 11) is 0. The van der Waals surface area contributed by atoms with E-state index in [1.54, 1.807) is 12.4 Å². The molecule has 2 aromatic heterocycles. The summed E-state index contributed by atoms with van der Waals surface area (Å²) in [5, 5.41) is 14.0. The number of hydrogen-bond donors (Lipinski definition) is 1. The molecular formula is C30H28N4O2. The van der Waals surface area contributed by atoms with Gasteiger partial charge in [-0.3, -0.25) is 10.3 Å². The predicted octanol–water partition coefficient (Wildman–Crippen LogP) is 7.31. The standard InChI is InChI=1S/C30H28N4O2/c1-19(20-5-6-20)36-30(35)33-24-10-7-22(8-11-24)29-27(18-31)26-12-9-23(21-13-15-32-16-14-21)17-28(26)34(29)25-3-2-4-25/h7-17,19-20,25H,2-6H2,1H3,(H,33,35)/t19-/m1/s1. The highest BCUT2D eigenvalue weighted by Gasteiger charge is 2.31. The number of aromatic nitrogens is 2. The second-order valence-corrected chi connectivity index (χ2v) is 9.91. The van der Waals surface area contributed by atoms with Crippen LogP contribution in [-0.4, -0.2) is 21.7 Å². The number of ether oxygens (including phenoxy) is 1. The summed E-state index contributed by atoms with van der Waals surface area (Å²) in [4.78, 5) is 16.4. The highest BCUT2D eigenvalue weighted by molar-refractivity contribution is 5.97. The normalized spacial score (nSPS) is 16.2. The largest absolute Gasteiger partial charge is 0.446 e. The zero-order valence-electron chi connectivity index (χ0n) is 20.3. The quantitative estimate of drug-likeness (QED) is 0.316. The van der Waals surface area contributed by atoms with Crippen LogP contribution in [0, 0.1) is 17.2 Å². The molecule has 1 N–H and O–H groups in total. The smallest absolute Gasteiger partial charge is 0.411 e. The highest BCUT2D eigenvalue weighted by atomic mass is 16.6. The van der Waals surface area contributed by atoms with Gasteiger partial charge in [-0.05, 0) is 92.0 Å². The Morgan fingerprint density at radius 3 is 2.39 bits per heavy atom. The average Bonchev–Trinajstić information content (AvgIpc) is 3.67. The van der Waals surface area contributed by atoms with Gasteiger partial charge in [0.2, 0.25) is 0 Å². The van der Waals surface area contributed by atoms with Crippen molar-refractivity contribution in [1.29, 1.82) is 5.26 Å². The topological polar surface area (TPSA) is 79.9 Å². The van der Waals surface area contributed by atoms with Gasteiger partial charge < -0.3 is 9.30 Å². The van der Waals surface area contributed by atoms with E-state index in [0.717, 1.165) is 59.0 Å². The minimum atomic E-state index is -0.424. The number of carbonyl (C=O) groups is 1. The molecular weight excluding hydrogens is 448 g/mol. The lowest BCUT2D eigenvalue weighted by Crippen LogP contribution is -2.21. The molecule has 0 radical (unpaired) electrons. The molecule has 0 saturated heterocycles. The number of nitriles is 1. The molecule has 6 heteroatoms. The number of pyridine rings is 1. The number of nitrogens with one attached hydrogen (secondary N) is 1. The van der Waals surface area contributed by atoms with Crippen LogP contribution in [0.4, 0.5) is 10.5 Å². The summed E-state index contributed by atoms with van der Waals surface area (Å²) in [6, 6.07) is 20.9. The second-order valence-electron chi connectivity index (χ2n) is 9.91. The highest BCUT2D eigenvalue weighted by Crippen LogP contribution is 2.43. The molecule has 2 aliphatic rings. The minimum Gasteiger partial charge on any atom is -0.446 e. The summed E-state index contributed by atoms with van der Waals surface area (Å²) in [6.45, 7) is 1.95. The molecule has 0 unspecified atom stereocenters. The fourth-order valence-electron chi connectivity index (χ4n) is 5.14. The van der Waals surface area contributed by atoms with Crippen LogP contribution in [0.25, 0.3) is 33.3 Å². The molecule has 6 rings (SSSR count). The van der Waals surface area contributed by atoms with Crippen molar-refractivity contribution < 1.29 is 9.53 Å². The van der Waals surface area contributed by atoms with Crippen molar-refractivity contribution in [1.82, 2.24) is 9.55 Å². The summed E-state index contributed by atoms with van der Waals surface area (Å²) in [6.07, 6.45) is 8.78. The van der Waals surface area contributed by atoms with Crippen molar-refractivity contribution in [3.63, 3.8) is 0 Å². The lowest BCUT2D eigenvalue weighted by atomic mass is 9.92. The van der Waals surface area contributed by atoms with E-state index in [9.17, 15) is 10.1 Å². The summed E-state index contributed by atoms with van der Waals surface area (Å²) in [5.74, 6) is 0.495. The number of carbonyl (C=O) groups excluding carboxylic acids is 1. The number of hydrogen-bond acceptors (Lipinski definition) is 4. The van der Waals surface area contributed by atoms with E-state index >= 15 is 0 Å². The monoisotopic (exact) mass is 476 g/mol. The maximum atomic E-state index is 12.3. The fourth-order valence-corrected chi connectivity index (χ4v) is 5.14. The van der Waals surface area contributed by atoms with Crippen molar-refractivity contribution in [2.45, 2.75) is 51.2 Å². The van der Waals surface area contributed by atoms with Crippen molar-refractivity contribution >= 4 is 22.7 Å². The average molecular weight is 477 g/mol. The Kier molecular flexibility index (Phi) is 5.69. The third-order valence-corrected chi connectivity index (χ3v) is 7.55. The van der Waals surface area contributed by atoms with Crippen LogP contribution < -0.4 is 5.32 Å². The Hall–Kier alpha value is -4.11. The first-order valence-electron chi connectivity index (χ1n) is 12.7. The lowest BCUT2D eigenvalue weighted by Gasteiger charge is -2.30. The third kappa shape index (κ3) is 4.11. The van der Waals surface area contributed by atoms with Crippen LogP contribution >= 0.6 is 0 Å². The Morgan fingerprint density at radius 1 is 1.03 bits per heavy atom. The molecule has 0 spiro atoms. The zero-order valence-corrected chi connectivity index (χ0v) is 20.3. The summed E-state index contributed by atoms with van der Waals surface area (Å²) in [5.41, 5.74) is 6.57. The Morgan fingerprint density at radius 2 is 1.75 bits per heavy atom. The van der Waals surface area contributed by atoms with Gasteiger partial charge in [0.1, 0.15) is 12.2 Å². The Bertz CT molecular complexity index is 1460. The lowest BCUT2D eigenvalue weighted by molar-refractivity contribution is 0.108. The first kappa shape index (κ1) is 22.4. The number of rotatable bonds is 6. The molecule has 0 bridgehead atoms. The van der Waals surface area contributed by atoms with Crippen LogP contribution in [0.2, 0.25) is 0 Å². The van der Waals surface area contributed by atoms with Crippen molar-refractivity contribution in [3.8, 4) is 28.5 Å².